The van der Waals surface area contributed by atoms with Gasteiger partial charge in [-0.2, -0.15) is 0 Å². The lowest BCUT2D eigenvalue weighted by atomic mass is 10.1. The van der Waals surface area contributed by atoms with E-state index >= 15 is 0 Å². The van der Waals surface area contributed by atoms with Crippen LogP contribution in [-0.4, -0.2) is 45.7 Å². The smallest absolute Gasteiger partial charge is 0.191 e. The molecule has 3 rings (SSSR count). The molecule has 6 nitrogen and oxygen atoms in total. The number of nitrogens with zero attached hydrogens (tertiary/aromatic N) is 3. The zero-order chi connectivity index (χ0) is 18.2. The molecule has 0 aliphatic carbocycles. The number of Topliss-reactive ketones (excluding diaryl/α,β-unsaturated/α-hetero) is 1. The van der Waals surface area contributed by atoms with E-state index in [1.165, 1.54) is 11.8 Å². The largest absolute Gasteiger partial charge is 0.309 e. The monoisotopic (exact) mass is 379 g/mol. The second kappa shape index (κ2) is 6.92. The second-order valence-electron chi connectivity index (χ2n) is 6.49. The number of carbonyl (C=O) groups is 1. The van der Waals surface area contributed by atoms with E-state index in [0.29, 0.717) is 23.0 Å². The third kappa shape index (κ3) is 3.95. The Morgan fingerprint density at radius 1 is 1.28 bits per heavy atom. The van der Waals surface area contributed by atoms with Crippen LogP contribution in [0.4, 0.5) is 0 Å². The lowest BCUT2D eigenvalue weighted by Crippen LogP contribution is -2.15. The maximum Gasteiger partial charge on any atom is 0.191 e. The van der Waals surface area contributed by atoms with Gasteiger partial charge in [0, 0.05) is 18.5 Å². The molecule has 0 spiro atoms. The fourth-order valence-electron chi connectivity index (χ4n) is 2.95. The summed E-state index contributed by atoms with van der Waals surface area (Å²) in [5.41, 5.74) is 1.79. The number of hydrogen-bond donors (Lipinski definition) is 0. The Kier molecular flexibility index (Phi) is 5.02. The SMILES string of the molecule is Cc1ccc(C(=O)C(C)Sc2nnc(C3CCS(=O)(=O)C3)n2C)cc1. The zero-order valence-corrected chi connectivity index (χ0v) is 16.1. The van der Waals surface area contributed by atoms with Crippen LogP contribution >= 0.6 is 11.8 Å². The summed E-state index contributed by atoms with van der Waals surface area (Å²) in [4.78, 5) is 12.6. The first kappa shape index (κ1) is 18.1. The van der Waals surface area contributed by atoms with Gasteiger partial charge in [-0.3, -0.25) is 4.79 Å². The van der Waals surface area contributed by atoms with Crippen LogP contribution in [0, 0.1) is 6.92 Å². The topological polar surface area (TPSA) is 81.9 Å². The predicted octanol–water partition coefficient (Wildman–Crippen LogP) is 2.39. The molecule has 1 aliphatic rings. The van der Waals surface area contributed by atoms with Gasteiger partial charge in [0.25, 0.3) is 0 Å². The van der Waals surface area contributed by atoms with E-state index in [4.69, 9.17) is 0 Å². The fourth-order valence-corrected chi connectivity index (χ4v) is 5.59. The van der Waals surface area contributed by atoms with Crippen molar-refractivity contribution in [3.8, 4) is 0 Å². The summed E-state index contributed by atoms with van der Waals surface area (Å²) in [5, 5.41) is 8.68. The maximum absolute atomic E-state index is 12.6. The highest BCUT2D eigenvalue weighted by Crippen LogP contribution is 2.31. The number of sulfone groups is 1. The zero-order valence-electron chi connectivity index (χ0n) is 14.5. The molecule has 8 heteroatoms. The molecular formula is C17H21N3O3S2. The summed E-state index contributed by atoms with van der Waals surface area (Å²) < 4.78 is 25.2. The van der Waals surface area contributed by atoms with Crippen LogP contribution in [0.2, 0.25) is 0 Å². The van der Waals surface area contributed by atoms with Gasteiger partial charge in [-0.15, -0.1) is 10.2 Å². The van der Waals surface area contributed by atoms with E-state index in [1.807, 2.05) is 49.7 Å². The average Bonchev–Trinajstić information content (AvgIpc) is 3.10. The highest BCUT2D eigenvalue weighted by Gasteiger charge is 2.33. The van der Waals surface area contributed by atoms with Crippen LogP contribution in [0.25, 0.3) is 0 Å². The van der Waals surface area contributed by atoms with Crippen molar-refractivity contribution in [1.82, 2.24) is 14.8 Å². The maximum atomic E-state index is 12.6. The number of hydrogen-bond acceptors (Lipinski definition) is 6. The molecule has 1 aromatic carbocycles. The molecule has 1 saturated heterocycles. The molecule has 2 heterocycles. The van der Waals surface area contributed by atoms with Crippen molar-refractivity contribution >= 4 is 27.4 Å². The minimum Gasteiger partial charge on any atom is -0.309 e. The van der Waals surface area contributed by atoms with Gasteiger partial charge < -0.3 is 4.57 Å². The molecule has 1 aromatic heterocycles. The van der Waals surface area contributed by atoms with Gasteiger partial charge in [0.05, 0.1) is 16.8 Å². The van der Waals surface area contributed by atoms with Gasteiger partial charge in [0.2, 0.25) is 0 Å². The Morgan fingerprint density at radius 2 is 1.96 bits per heavy atom. The highest BCUT2D eigenvalue weighted by molar-refractivity contribution is 8.00. The quantitative estimate of drug-likeness (QED) is 0.586. The predicted molar refractivity (Wildman–Crippen MR) is 97.8 cm³/mol. The first-order chi connectivity index (χ1) is 11.8. The lowest BCUT2D eigenvalue weighted by molar-refractivity contribution is 0.0994. The Morgan fingerprint density at radius 3 is 2.56 bits per heavy atom. The molecular weight excluding hydrogens is 358 g/mol. The number of carbonyl (C=O) groups excluding carboxylic acids is 1. The normalized spacial score (nSPS) is 20.5. The molecule has 0 radical (unpaired) electrons. The van der Waals surface area contributed by atoms with Gasteiger partial charge in [0.15, 0.2) is 20.8 Å². The molecule has 0 bridgehead atoms. The Labute approximate surface area is 152 Å². The summed E-state index contributed by atoms with van der Waals surface area (Å²) in [7, 11) is -1.14. The van der Waals surface area contributed by atoms with Gasteiger partial charge in [-0.1, -0.05) is 41.6 Å². The third-order valence-electron chi connectivity index (χ3n) is 4.45. The molecule has 0 N–H and O–H groups in total. The number of ketones is 1. The van der Waals surface area contributed by atoms with Crippen molar-refractivity contribution in [1.29, 1.82) is 0 Å². The number of aromatic nitrogens is 3. The summed E-state index contributed by atoms with van der Waals surface area (Å²) in [6.07, 6.45) is 0.580. The van der Waals surface area contributed by atoms with E-state index < -0.39 is 9.84 Å². The van der Waals surface area contributed by atoms with Crippen LogP contribution in [0.3, 0.4) is 0 Å². The number of benzene rings is 1. The van der Waals surface area contributed by atoms with Gasteiger partial charge in [-0.25, -0.2) is 8.42 Å². The summed E-state index contributed by atoms with van der Waals surface area (Å²) in [6, 6.07) is 7.51. The number of rotatable bonds is 5. The Bertz CT molecular complexity index is 888. The van der Waals surface area contributed by atoms with Crippen LogP contribution in [0.5, 0.6) is 0 Å². The summed E-state index contributed by atoms with van der Waals surface area (Å²) in [5.74, 6) is 0.938. The standard InChI is InChI=1S/C17H21N3O3S2/c1-11-4-6-13(7-5-11)15(21)12(2)24-17-19-18-16(20(17)3)14-8-9-25(22,23)10-14/h4-7,12,14H,8-10H2,1-3H3. The fraction of sp³-hybridized carbons (Fsp3) is 0.471. The van der Waals surface area contributed by atoms with E-state index in [-0.39, 0.29) is 28.5 Å². The van der Waals surface area contributed by atoms with Crippen LogP contribution in [0.15, 0.2) is 29.4 Å². The summed E-state index contributed by atoms with van der Waals surface area (Å²) in [6.45, 7) is 3.83. The highest BCUT2D eigenvalue weighted by atomic mass is 32.2. The molecule has 0 saturated carbocycles. The van der Waals surface area contributed by atoms with Gasteiger partial charge >= 0.3 is 0 Å². The van der Waals surface area contributed by atoms with Crippen LogP contribution < -0.4 is 0 Å². The van der Waals surface area contributed by atoms with Crippen LogP contribution in [-0.2, 0) is 16.9 Å². The van der Waals surface area contributed by atoms with E-state index in [0.717, 1.165) is 5.56 Å². The van der Waals surface area contributed by atoms with Gasteiger partial charge in [0.1, 0.15) is 5.82 Å². The lowest BCUT2D eigenvalue weighted by Gasteiger charge is -2.11. The first-order valence-corrected chi connectivity index (χ1v) is 10.8. The van der Waals surface area contributed by atoms with Gasteiger partial charge in [-0.05, 0) is 20.3 Å². The van der Waals surface area contributed by atoms with Crippen molar-refractivity contribution in [2.45, 2.75) is 36.6 Å². The molecule has 1 fully saturated rings. The third-order valence-corrected chi connectivity index (χ3v) is 7.36. The van der Waals surface area contributed by atoms with Crippen molar-refractivity contribution in [2.75, 3.05) is 11.5 Å². The van der Waals surface area contributed by atoms with Crippen LogP contribution in [0.1, 0.15) is 41.0 Å². The Balaban J connectivity index is 1.73. The summed E-state index contributed by atoms with van der Waals surface area (Å²) >= 11 is 1.35. The van der Waals surface area contributed by atoms with E-state index in [9.17, 15) is 13.2 Å². The minimum absolute atomic E-state index is 0.0398. The molecule has 1 aliphatic heterocycles. The number of aryl methyl sites for hydroxylation is 1. The molecule has 0 amide bonds. The molecule has 2 unspecified atom stereocenters. The second-order valence-corrected chi connectivity index (χ2v) is 10.0. The van der Waals surface area contributed by atoms with Crippen molar-refractivity contribution in [2.24, 2.45) is 7.05 Å². The van der Waals surface area contributed by atoms with Crippen molar-refractivity contribution in [3.63, 3.8) is 0 Å². The molecule has 2 atom stereocenters. The Hall–Kier alpha value is -1.67. The first-order valence-electron chi connectivity index (χ1n) is 8.14. The van der Waals surface area contributed by atoms with E-state index in [1.54, 1.807) is 0 Å². The average molecular weight is 380 g/mol. The number of thioether (sulfide) groups is 1. The molecule has 25 heavy (non-hydrogen) atoms. The molecule has 134 valence electrons. The van der Waals surface area contributed by atoms with E-state index in [2.05, 4.69) is 10.2 Å². The minimum atomic E-state index is -2.97. The van der Waals surface area contributed by atoms with Crippen molar-refractivity contribution in [3.05, 3.63) is 41.2 Å². The van der Waals surface area contributed by atoms with Crippen molar-refractivity contribution < 1.29 is 13.2 Å². The molecule has 2 aromatic rings.